The van der Waals surface area contributed by atoms with E-state index in [1.54, 1.807) is 6.20 Å². The Balaban J connectivity index is 2.31. The number of nitrogens with zero attached hydrogens (tertiary/aromatic N) is 2. The SMILES string of the molecule is CCCC(O)Cc1cnsn1. The summed E-state index contributed by atoms with van der Waals surface area (Å²) >= 11 is 1.19. The summed E-state index contributed by atoms with van der Waals surface area (Å²) in [6.45, 7) is 2.06. The lowest BCUT2D eigenvalue weighted by Crippen LogP contribution is -2.09. The van der Waals surface area contributed by atoms with Crippen LogP contribution in [0.4, 0.5) is 0 Å². The van der Waals surface area contributed by atoms with Gasteiger partial charge in [0.1, 0.15) is 0 Å². The quantitative estimate of drug-likeness (QED) is 0.743. The van der Waals surface area contributed by atoms with Crippen molar-refractivity contribution in [1.82, 2.24) is 8.75 Å². The van der Waals surface area contributed by atoms with Gasteiger partial charge >= 0.3 is 0 Å². The van der Waals surface area contributed by atoms with Gasteiger partial charge in [-0.15, -0.1) is 0 Å². The predicted octanol–water partition coefficient (Wildman–Crippen LogP) is 1.24. The van der Waals surface area contributed by atoms with Gasteiger partial charge in [0, 0.05) is 6.42 Å². The Morgan fingerprint density at radius 1 is 1.73 bits per heavy atom. The van der Waals surface area contributed by atoms with Crippen molar-refractivity contribution in [3.63, 3.8) is 0 Å². The van der Waals surface area contributed by atoms with Crippen molar-refractivity contribution in [3.05, 3.63) is 11.9 Å². The normalized spacial score (nSPS) is 13.3. The van der Waals surface area contributed by atoms with E-state index in [2.05, 4.69) is 15.7 Å². The largest absolute Gasteiger partial charge is 0.393 e. The zero-order valence-corrected chi connectivity index (χ0v) is 7.34. The summed E-state index contributed by atoms with van der Waals surface area (Å²) in [6, 6.07) is 0. The Morgan fingerprint density at radius 3 is 3.09 bits per heavy atom. The van der Waals surface area contributed by atoms with Crippen LogP contribution in [0.3, 0.4) is 0 Å². The van der Waals surface area contributed by atoms with Gasteiger partial charge in [0.25, 0.3) is 0 Å². The molecule has 0 aliphatic rings. The highest BCUT2D eigenvalue weighted by Crippen LogP contribution is 2.04. The van der Waals surface area contributed by atoms with Crippen LogP contribution in [0, 0.1) is 0 Å². The van der Waals surface area contributed by atoms with Gasteiger partial charge in [-0.3, -0.25) is 0 Å². The standard InChI is InChI=1S/C7H12N2OS/c1-2-3-7(10)4-6-5-8-11-9-6/h5,7,10H,2-4H2,1H3. The molecule has 62 valence electrons. The average Bonchev–Trinajstić information content (AvgIpc) is 2.40. The number of aliphatic hydroxyl groups is 1. The van der Waals surface area contributed by atoms with Gasteiger partial charge < -0.3 is 5.11 Å². The van der Waals surface area contributed by atoms with Gasteiger partial charge in [0.15, 0.2) is 0 Å². The van der Waals surface area contributed by atoms with Crippen LogP contribution in [0.1, 0.15) is 25.5 Å². The van der Waals surface area contributed by atoms with E-state index in [1.165, 1.54) is 11.7 Å². The first-order valence-corrected chi connectivity index (χ1v) is 4.50. The third-order valence-electron chi connectivity index (χ3n) is 1.47. The Bertz CT molecular complexity index is 188. The third kappa shape index (κ3) is 2.95. The smallest absolute Gasteiger partial charge is 0.0768 e. The lowest BCUT2D eigenvalue weighted by atomic mass is 10.1. The van der Waals surface area contributed by atoms with Gasteiger partial charge in [-0.2, -0.15) is 8.75 Å². The summed E-state index contributed by atoms with van der Waals surface area (Å²) in [5.74, 6) is 0. The summed E-state index contributed by atoms with van der Waals surface area (Å²) < 4.78 is 7.86. The number of hydrogen-bond acceptors (Lipinski definition) is 4. The van der Waals surface area contributed by atoms with Gasteiger partial charge in [-0.25, -0.2) is 0 Å². The van der Waals surface area contributed by atoms with Crippen molar-refractivity contribution in [2.75, 3.05) is 0 Å². The molecule has 11 heavy (non-hydrogen) atoms. The first kappa shape index (κ1) is 8.62. The van der Waals surface area contributed by atoms with Crippen LogP contribution in [-0.2, 0) is 6.42 Å². The van der Waals surface area contributed by atoms with Crippen LogP contribution >= 0.6 is 11.7 Å². The van der Waals surface area contributed by atoms with Crippen LogP contribution < -0.4 is 0 Å². The molecule has 0 amide bonds. The maximum atomic E-state index is 9.36. The van der Waals surface area contributed by atoms with Gasteiger partial charge in [0.05, 0.1) is 29.7 Å². The summed E-state index contributed by atoms with van der Waals surface area (Å²) in [5, 5.41) is 9.36. The van der Waals surface area contributed by atoms with E-state index in [0.29, 0.717) is 6.42 Å². The first-order valence-electron chi connectivity index (χ1n) is 3.77. The maximum Gasteiger partial charge on any atom is 0.0768 e. The van der Waals surface area contributed by atoms with E-state index < -0.39 is 0 Å². The zero-order chi connectivity index (χ0) is 8.10. The van der Waals surface area contributed by atoms with E-state index in [4.69, 9.17) is 0 Å². The van der Waals surface area contributed by atoms with Crippen LogP contribution in [0.25, 0.3) is 0 Å². The molecule has 1 unspecified atom stereocenters. The molecule has 0 aromatic carbocycles. The van der Waals surface area contributed by atoms with Crippen LogP contribution in [0.15, 0.2) is 6.20 Å². The van der Waals surface area contributed by atoms with Crippen LogP contribution in [0.2, 0.25) is 0 Å². The summed E-state index contributed by atoms with van der Waals surface area (Å²) in [5.41, 5.74) is 0.899. The molecular weight excluding hydrogens is 160 g/mol. The number of rotatable bonds is 4. The molecular formula is C7H12N2OS. The Kier molecular flexibility index (Phi) is 3.45. The summed E-state index contributed by atoms with van der Waals surface area (Å²) in [6.07, 6.45) is 3.97. The average molecular weight is 172 g/mol. The van der Waals surface area contributed by atoms with Crippen LogP contribution in [0.5, 0.6) is 0 Å². The molecule has 3 nitrogen and oxygen atoms in total. The highest BCUT2D eigenvalue weighted by molar-refractivity contribution is 6.99. The second-order valence-corrected chi connectivity index (χ2v) is 3.10. The maximum absolute atomic E-state index is 9.36. The van der Waals surface area contributed by atoms with E-state index in [9.17, 15) is 5.11 Å². The summed E-state index contributed by atoms with van der Waals surface area (Å²) in [7, 11) is 0. The Labute approximate surface area is 70.4 Å². The Hall–Kier alpha value is -0.480. The molecule has 4 heteroatoms. The molecule has 0 saturated heterocycles. The molecule has 0 fully saturated rings. The molecule has 1 aromatic rings. The molecule has 1 atom stereocenters. The van der Waals surface area contributed by atoms with E-state index in [0.717, 1.165) is 18.5 Å². The fourth-order valence-corrected chi connectivity index (χ4v) is 1.39. The minimum atomic E-state index is -0.246. The minimum Gasteiger partial charge on any atom is -0.393 e. The number of aromatic nitrogens is 2. The Morgan fingerprint density at radius 2 is 2.55 bits per heavy atom. The molecule has 1 heterocycles. The monoisotopic (exact) mass is 172 g/mol. The second kappa shape index (κ2) is 4.41. The van der Waals surface area contributed by atoms with Gasteiger partial charge in [0.2, 0.25) is 0 Å². The molecule has 0 bridgehead atoms. The van der Waals surface area contributed by atoms with E-state index in [-0.39, 0.29) is 6.10 Å². The minimum absolute atomic E-state index is 0.246. The lowest BCUT2D eigenvalue weighted by molar-refractivity contribution is 0.163. The molecule has 1 aromatic heterocycles. The fraction of sp³-hybridized carbons (Fsp3) is 0.714. The topological polar surface area (TPSA) is 46.0 Å². The van der Waals surface area contributed by atoms with Gasteiger partial charge in [-0.1, -0.05) is 13.3 Å². The molecule has 0 spiro atoms. The molecule has 0 radical (unpaired) electrons. The van der Waals surface area contributed by atoms with E-state index >= 15 is 0 Å². The van der Waals surface area contributed by atoms with Crippen LogP contribution in [-0.4, -0.2) is 20.0 Å². The molecule has 0 aliphatic carbocycles. The molecule has 1 rings (SSSR count). The van der Waals surface area contributed by atoms with Crippen molar-refractivity contribution in [2.24, 2.45) is 0 Å². The molecule has 0 saturated carbocycles. The van der Waals surface area contributed by atoms with Gasteiger partial charge in [-0.05, 0) is 6.42 Å². The van der Waals surface area contributed by atoms with Crippen molar-refractivity contribution < 1.29 is 5.11 Å². The molecule has 1 N–H and O–H groups in total. The van der Waals surface area contributed by atoms with Crippen molar-refractivity contribution >= 4 is 11.7 Å². The van der Waals surface area contributed by atoms with Crippen molar-refractivity contribution in [3.8, 4) is 0 Å². The highest BCUT2D eigenvalue weighted by atomic mass is 32.1. The number of aliphatic hydroxyl groups excluding tert-OH is 1. The highest BCUT2D eigenvalue weighted by Gasteiger charge is 2.05. The van der Waals surface area contributed by atoms with E-state index in [1.807, 2.05) is 0 Å². The van der Waals surface area contributed by atoms with Crippen molar-refractivity contribution in [2.45, 2.75) is 32.3 Å². The third-order valence-corrected chi connectivity index (χ3v) is 1.99. The zero-order valence-electron chi connectivity index (χ0n) is 6.53. The lowest BCUT2D eigenvalue weighted by Gasteiger charge is -2.04. The molecule has 0 aliphatic heterocycles. The number of hydrogen-bond donors (Lipinski definition) is 1. The predicted molar refractivity (Wildman–Crippen MR) is 44.5 cm³/mol. The van der Waals surface area contributed by atoms with Crippen molar-refractivity contribution in [1.29, 1.82) is 0 Å². The summed E-state index contributed by atoms with van der Waals surface area (Å²) in [4.78, 5) is 0. The second-order valence-electron chi connectivity index (χ2n) is 2.55. The fourth-order valence-electron chi connectivity index (χ4n) is 0.951. The first-order chi connectivity index (χ1) is 5.33.